The van der Waals surface area contributed by atoms with E-state index in [1.807, 2.05) is 6.92 Å². The molecule has 10 heteroatoms. The summed E-state index contributed by atoms with van der Waals surface area (Å²) in [6.45, 7) is 1.83. The van der Waals surface area contributed by atoms with Gasteiger partial charge in [0, 0.05) is 0 Å². The molecule has 3 aromatic rings. The Morgan fingerprint density at radius 1 is 1.03 bits per heavy atom. The highest BCUT2D eigenvalue weighted by Gasteiger charge is 2.30. The summed E-state index contributed by atoms with van der Waals surface area (Å²) >= 11 is 0. The van der Waals surface area contributed by atoms with Crippen molar-refractivity contribution in [3.8, 4) is 5.69 Å². The van der Waals surface area contributed by atoms with Gasteiger partial charge in [0.2, 0.25) is 0 Å². The standard InChI is InChI=1S/C19H18F3N3O3S/c1-14-4-10-18(11-5-14)29(26,27)28-12-2-3-16-13-25(24-23-16)17-8-6-15(7-9-17)19(20,21)22/h4-11,13H,2-3,12H2,1H3. The SMILES string of the molecule is Cc1ccc(S(=O)(=O)OCCCc2cn(-c3ccc(C(F)(F)F)cc3)nn2)cc1. The Balaban J connectivity index is 1.54. The second kappa shape index (κ2) is 8.34. The van der Waals surface area contributed by atoms with Crippen molar-refractivity contribution in [2.24, 2.45) is 0 Å². The fourth-order valence-corrected chi connectivity index (χ4v) is 3.48. The first kappa shape index (κ1) is 21.0. The lowest BCUT2D eigenvalue weighted by atomic mass is 10.2. The molecule has 0 aliphatic carbocycles. The first-order valence-electron chi connectivity index (χ1n) is 8.70. The van der Waals surface area contributed by atoms with Crippen LogP contribution in [0.1, 0.15) is 23.2 Å². The molecule has 3 rings (SSSR count). The van der Waals surface area contributed by atoms with Crippen LogP contribution < -0.4 is 0 Å². The van der Waals surface area contributed by atoms with Gasteiger partial charge in [0.25, 0.3) is 10.1 Å². The molecule has 0 saturated carbocycles. The quantitative estimate of drug-likeness (QED) is 0.424. The second-order valence-electron chi connectivity index (χ2n) is 6.39. The summed E-state index contributed by atoms with van der Waals surface area (Å²) in [5.41, 5.74) is 1.21. The normalized spacial score (nSPS) is 12.3. The molecule has 0 fully saturated rings. The number of alkyl halides is 3. The molecule has 0 amide bonds. The third-order valence-corrected chi connectivity index (χ3v) is 5.45. The number of aromatic nitrogens is 3. The Hall–Kier alpha value is -2.72. The Morgan fingerprint density at radius 2 is 1.69 bits per heavy atom. The van der Waals surface area contributed by atoms with Crippen molar-refractivity contribution < 1.29 is 25.8 Å². The summed E-state index contributed by atoms with van der Waals surface area (Å²) in [6, 6.07) is 10.9. The zero-order valence-corrected chi connectivity index (χ0v) is 16.2. The highest BCUT2D eigenvalue weighted by molar-refractivity contribution is 7.86. The Kier molecular flexibility index (Phi) is 6.04. The molecule has 0 radical (unpaired) electrons. The van der Waals surface area contributed by atoms with Crippen LogP contribution >= 0.6 is 0 Å². The van der Waals surface area contributed by atoms with Crippen molar-refractivity contribution >= 4 is 10.1 Å². The van der Waals surface area contributed by atoms with E-state index in [9.17, 15) is 21.6 Å². The number of aryl methyl sites for hydroxylation is 2. The summed E-state index contributed by atoms with van der Waals surface area (Å²) in [7, 11) is -3.82. The molecule has 1 heterocycles. The minimum atomic E-state index is -4.40. The van der Waals surface area contributed by atoms with Crippen molar-refractivity contribution in [2.75, 3.05) is 6.61 Å². The van der Waals surface area contributed by atoms with E-state index in [2.05, 4.69) is 10.3 Å². The van der Waals surface area contributed by atoms with Gasteiger partial charge >= 0.3 is 6.18 Å². The molecule has 154 valence electrons. The Bertz CT molecular complexity index is 1060. The van der Waals surface area contributed by atoms with Gasteiger partial charge in [0.05, 0.1) is 34.6 Å². The van der Waals surface area contributed by atoms with E-state index >= 15 is 0 Å². The van der Waals surface area contributed by atoms with Gasteiger partial charge in [0.15, 0.2) is 0 Å². The van der Waals surface area contributed by atoms with Gasteiger partial charge in [-0.3, -0.25) is 4.18 Å². The van der Waals surface area contributed by atoms with Crippen LogP contribution in [0.3, 0.4) is 0 Å². The van der Waals surface area contributed by atoms with E-state index in [1.54, 1.807) is 18.3 Å². The van der Waals surface area contributed by atoms with Crippen molar-refractivity contribution in [3.05, 3.63) is 71.5 Å². The fourth-order valence-electron chi connectivity index (χ4n) is 2.54. The van der Waals surface area contributed by atoms with Crippen molar-refractivity contribution in [1.82, 2.24) is 15.0 Å². The maximum absolute atomic E-state index is 12.6. The van der Waals surface area contributed by atoms with Gasteiger partial charge in [-0.05, 0) is 56.2 Å². The van der Waals surface area contributed by atoms with E-state index in [0.29, 0.717) is 24.2 Å². The predicted octanol–water partition coefficient (Wildman–Crippen LogP) is 3.93. The van der Waals surface area contributed by atoms with Gasteiger partial charge in [-0.15, -0.1) is 5.10 Å². The van der Waals surface area contributed by atoms with Crippen LogP contribution in [0, 0.1) is 6.92 Å². The van der Waals surface area contributed by atoms with E-state index in [-0.39, 0.29) is 11.5 Å². The average Bonchev–Trinajstić information content (AvgIpc) is 3.14. The summed E-state index contributed by atoms with van der Waals surface area (Å²) in [5, 5.41) is 7.84. The zero-order chi connectivity index (χ0) is 21.1. The molecule has 2 aromatic carbocycles. The molecular formula is C19H18F3N3O3S. The number of rotatable bonds is 7. The van der Waals surface area contributed by atoms with Crippen LogP contribution in [0.25, 0.3) is 5.69 Å². The van der Waals surface area contributed by atoms with Crippen LogP contribution in [0.5, 0.6) is 0 Å². The van der Waals surface area contributed by atoms with Crippen LogP contribution in [-0.2, 0) is 26.9 Å². The van der Waals surface area contributed by atoms with Crippen molar-refractivity contribution in [2.45, 2.75) is 30.8 Å². The fraction of sp³-hybridized carbons (Fsp3) is 0.263. The smallest absolute Gasteiger partial charge is 0.266 e. The van der Waals surface area contributed by atoms with E-state index in [0.717, 1.165) is 17.7 Å². The van der Waals surface area contributed by atoms with Gasteiger partial charge < -0.3 is 0 Å². The third kappa shape index (κ3) is 5.42. The number of hydrogen-bond acceptors (Lipinski definition) is 5. The summed E-state index contributed by atoms with van der Waals surface area (Å²) < 4.78 is 68.5. The maximum Gasteiger partial charge on any atom is 0.416 e. The van der Waals surface area contributed by atoms with Crippen LogP contribution in [0.15, 0.2) is 59.6 Å². The monoisotopic (exact) mass is 425 g/mol. The van der Waals surface area contributed by atoms with Gasteiger partial charge in [-0.1, -0.05) is 22.9 Å². The van der Waals surface area contributed by atoms with Gasteiger partial charge in [0.1, 0.15) is 0 Å². The molecule has 0 unspecified atom stereocenters. The number of hydrogen-bond donors (Lipinski definition) is 0. The summed E-state index contributed by atoms with van der Waals surface area (Å²) in [5.74, 6) is 0. The number of halogens is 3. The van der Waals surface area contributed by atoms with E-state index in [4.69, 9.17) is 4.18 Å². The molecule has 0 N–H and O–H groups in total. The average molecular weight is 425 g/mol. The highest BCUT2D eigenvalue weighted by Crippen LogP contribution is 2.29. The van der Waals surface area contributed by atoms with Crippen LogP contribution in [0.4, 0.5) is 13.2 Å². The van der Waals surface area contributed by atoms with Crippen LogP contribution in [-0.4, -0.2) is 30.0 Å². The Labute approximate surface area is 166 Å². The Morgan fingerprint density at radius 3 is 2.31 bits per heavy atom. The van der Waals surface area contributed by atoms with Crippen molar-refractivity contribution in [3.63, 3.8) is 0 Å². The topological polar surface area (TPSA) is 74.1 Å². The molecule has 0 spiro atoms. The first-order valence-corrected chi connectivity index (χ1v) is 10.1. The molecule has 0 saturated heterocycles. The van der Waals surface area contributed by atoms with E-state index in [1.165, 1.54) is 28.9 Å². The molecule has 0 aliphatic rings. The van der Waals surface area contributed by atoms with Gasteiger partial charge in [-0.25, -0.2) is 4.68 Å². The third-order valence-electron chi connectivity index (χ3n) is 4.13. The molecule has 29 heavy (non-hydrogen) atoms. The lowest BCUT2D eigenvalue weighted by molar-refractivity contribution is -0.137. The first-order chi connectivity index (χ1) is 13.6. The lowest BCUT2D eigenvalue weighted by Gasteiger charge is -2.07. The minimum absolute atomic E-state index is 0.0245. The summed E-state index contributed by atoms with van der Waals surface area (Å²) in [6.07, 6.45) is -2.02. The van der Waals surface area contributed by atoms with E-state index < -0.39 is 21.9 Å². The summed E-state index contributed by atoms with van der Waals surface area (Å²) in [4.78, 5) is 0.0938. The largest absolute Gasteiger partial charge is 0.416 e. The molecular weight excluding hydrogens is 407 g/mol. The minimum Gasteiger partial charge on any atom is -0.266 e. The molecule has 0 aliphatic heterocycles. The predicted molar refractivity (Wildman–Crippen MR) is 99.0 cm³/mol. The molecule has 6 nitrogen and oxygen atoms in total. The highest BCUT2D eigenvalue weighted by atomic mass is 32.2. The maximum atomic E-state index is 12.6. The number of nitrogens with zero attached hydrogens (tertiary/aromatic N) is 3. The van der Waals surface area contributed by atoms with Gasteiger partial charge in [-0.2, -0.15) is 21.6 Å². The van der Waals surface area contributed by atoms with Crippen LogP contribution in [0.2, 0.25) is 0 Å². The number of benzene rings is 2. The van der Waals surface area contributed by atoms with Crippen molar-refractivity contribution in [1.29, 1.82) is 0 Å². The molecule has 0 atom stereocenters. The lowest BCUT2D eigenvalue weighted by Crippen LogP contribution is -2.08. The molecule has 0 bridgehead atoms. The second-order valence-corrected chi connectivity index (χ2v) is 8.01. The zero-order valence-electron chi connectivity index (χ0n) is 15.4. The molecule has 1 aromatic heterocycles.